The number of hydrogen-bond acceptors (Lipinski definition) is 5. The lowest BCUT2D eigenvalue weighted by molar-refractivity contribution is -0.156. The summed E-state index contributed by atoms with van der Waals surface area (Å²) in [7, 11) is 0. The van der Waals surface area contributed by atoms with Gasteiger partial charge in [0, 0.05) is 11.4 Å². The minimum Gasteiger partial charge on any atom is -0.452 e. The van der Waals surface area contributed by atoms with E-state index in [2.05, 4.69) is 10.6 Å². The van der Waals surface area contributed by atoms with Crippen molar-refractivity contribution in [3.63, 3.8) is 0 Å². The Hall–Kier alpha value is -2.80. The van der Waals surface area contributed by atoms with Crippen LogP contribution in [-0.4, -0.2) is 35.7 Å². The number of carbonyl (C=O) groups is 3. The van der Waals surface area contributed by atoms with Gasteiger partial charge in [-0.3, -0.25) is 14.4 Å². The number of thioether (sulfide) groups is 1. The molecule has 0 radical (unpaired) electrons. The van der Waals surface area contributed by atoms with Gasteiger partial charge in [0.15, 0.2) is 6.10 Å². The summed E-state index contributed by atoms with van der Waals surface area (Å²) in [5.41, 5.74) is 1.87. The van der Waals surface area contributed by atoms with Gasteiger partial charge in [0.25, 0.3) is 5.91 Å². The molecule has 7 heteroatoms. The maximum absolute atomic E-state index is 12.3. The van der Waals surface area contributed by atoms with Crippen LogP contribution >= 0.6 is 11.8 Å². The van der Waals surface area contributed by atoms with Crippen molar-refractivity contribution in [2.75, 3.05) is 11.9 Å². The van der Waals surface area contributed by atoms with Crippen LogP contribution < -0.4 is 10.6 Å². The zero-order valence-corrected chi connectivity index (χ0v) is 17.0. The quantitative estimate of drug-likeness (QED) is 0.651. The van der Waals surface area contributed by atoms with Crippen LogP contribution in [0.2, 0.25) is 0 Å². The van der Waals surface area contributed by atoms with E-state index in [4.69, 9.17) is 4.74 Å². The summed E-state index contributed by atoms with van der Waals surface area (Å²) in [5.74, 6) is -1.10. The first-order valence-electron chi connectivity index (χ1n) is 9.64. The summed E-state index contributed by atoms with van der Waals surface area (Å²) in [6.07, 6.45) is 0.131. The predicted octanol–water partition coefficient (Wildman–Crippen LogP) is 3.17. The Morgan fingerprint density at radius 2 is 1.86 bits per heavy atom. The van der Waals surface area contributed by atoms with E-state index in [0.29, 0.717) is 19.4 Å². The molecule has 0 saturated carbocycles. The van der Waals surface area contributed by atoms with Crippen molar-refractivity contribution < 1.29 is 19.1 Å². The number of benzene rings is 2. The van der Waals surface area contributed by atoms with E-state index in [-0.39, 0.29) is 18.2 Å². The lowest BCUT2D eigenvalue weighted by atomic mass is 10.1. The normalized spacial score (nSPS) is 16.3. The Morgan fingerprint density at radius 1 is 1.14 bits per heavy atom. The monoisotopic (exact) mass is 412 g/mol. The highest BCUT2D eigenvalue weighted by Gasteiger charge is 2.31. The van der Waals surface area contributed by atoms with E-state index >= 15 is 0 Å². The standard InChI is InChI=1S/C22H24N2O4S/c1-2-17(21(26)23-13-12-15-8-4-3-5-9-15)28-20(25)14-19-22(27)24-16-10-6-7-11-18(16)29-19/h3-11,17,19H,2,12-14H2,1H3,(H,23,26)(H,24,27)/t17-,19+/m0/s1. The van der Waals surface area contributed by atoms with Crippen LogP contribution in [0, 0.1) is 0 Å². The average Bonchev–Trinajstić information content (AvgIpc) is 2.73. The van der Waals surface area contributed by atoms with E-state index in [9.17, 15) is 14.4 Å². The highest BCUT2D eigenvalue weighted by molar-refractivity contribution is 8.01. The Labute approximate surface area is 174 Å². The third kappa shape index (κ3) is 5.84. The Kier molecular flexibility index (Phi) is 7.30. The molecule has 2 aromatic carbocycles. The predicted molar refractivity (Wildman–Crippen MR) is 113 cm³/mol. The number of ether oxygens (including phenoxy) is 1. The molecular weight excluding hydrogens is 388 g/mol. The summed E-state index contributed by atoms with van der Waals surface area (Å²) in [6, 6.07) is 17.3. The third-order valence-corrected chi connectivity index (χ3v) is 5.83. The second-order valence-electron chi connectivity index (χ2n) is 6.71. The number of fused-ring (bicyclic) bond motifs is 1. The zero-order valence-electron chi connectivity index (χ0n) is 16.2. The molecule has 6 nitrogen and oxygen atoms in total. The molecule has 1 aliphatic heterocycles. The Balaban J connectivity index is 1.48. The first-order valence-corrected chi connectivity index (χ1v) is 10.5. The van der Waals surface area contributed by atoms with E-state index in [1.165, 1.54) is 11.8 Å². The second-order valence-corrected chi connectivity index (χ2v) is 7.95. The molecule has 0 aliphatic carbocycles. The van der Waals surface area contributed by atoms with Crippen LogP contribution in [0.25, 0.3) is 0 Å². The van der Waals surface area contributed by atoms with Gasteiger partial charge < -0.3 is 15.4 Å². The minimum atomic E-state index is -0.859. The fraction of sp³-hybridized carbons (Fsp3) is 0.318. The van der Waals surface area contributed by atoms with Crippen LogP contribution in [-0.2, 0) is 25.5 Å². The maximum Gasteiger partial charge on any atom is 0.308 e. The van der Waals surface area contributed by atoms with Crippen LogP contribution in [0.4, 0.5) is 5.69 Å². The van der Waals surface area contributed by atoms with Gasteiger partial charge in [-0.05, 0) is 30.5 Å². The largest absolute Gasteiger partial charge is 0.452 e. The van der Waals surface area contributed by atoms with Crippen LogP contribution in [0.15, 0.2) is 59.5 Å². The van der Waals surface area contributed by atoms with Crippen LogP contribution in [0.5, 0.6) is 0 Å². The fourth-order valence-electron chi connectivity index (χ4n) is 3.00. The molecule has 1 heterocycles. The van der Waals surface area contributed by atoms with Crippen LogP contribution in [0.1, 0.15) is 25.3 Å². The molecular formula is C22H24N2O4S. The van der Waals surface area contributed by atoms with Crippen molar-refractivity contribution in [1.29, 1.82) is 0 Å². The van der Waals surface area contributed by atoms with E-state index in [1.807, 2.05) is 54.6 Å². The van der Waals surface area contributed by atoms with E-state index in [1.54, 1.807) is 6.92 Å². The molecule has 0 unspecified atom stereocenters. The summed E-state index contributed by atoms with van der Waals surface area (Å²) in [5, 5.41) is 5.04. The van der Waals surface area contributed by atoms with Gasteiger partial charge in [-0.25, -0.2) is 0 Å². The van der Waals surface area contributed by atoms with Gasteiger partial charge in [0.2, 0.25) is 5.91 Å². The van der Waals surface area contributed by atoms with Crippen molar-refractivity contribution in [2.24, 2.45) is 0 Å². The number of carbonyl (C=O) groups excluding carboxylic acids is 3. The smallest absolute Gasteiger partial charge is 0.308 e. The van der Waals surface area contributed by atoms with Gasteiger partial charge in [-0.15, -0.1) is 11.8 Å². The molecule has 3 rings (SSSR count). The third-order valence-electron chi connectivity index (χ3n) is 4.55. The number of amides is 2. The van der Waals surface area contributed by atoms with Gasteiger partial charge >= 0.3 is 5.97 Å². The molecule has 29 heavy (non-hydrogen) atoms. The summed E-state index contributed by atoms with van der Waals surface area (Å²) >= 11 is 1.33. The Morgan fingerprint density at radius 3 is 2.62 bits per heavy atom. The lowest BCUT2D eigenvalue weighted by Crippen LogP contribution is -2.39. The fourth-order valence-corrected chi connectivity index (χ4v) is 4.09. The van der Waals surface area contributed by atoms with E-state index in [0.717, 1.165) is 16.1 Å². The van der Waals surface area contributed by atoms with Crippen LogP contribution in [0.3, 0.4) is 0 Å². The molecule has 0 spiro atoms. The first kappa shape index (κ1) is 20.9. The van der Waals surface area contributed by atoms with E-state index < -0.39 is 17.3 Å². The molecule has 1 aliphatic rings. The maximum atomic E-state index is 12.3. The number of para-hydroxylation sites is 1. The molecule has 2 aromatic rings. The van der Waals surface area contributed by atoms with Crippen molar-refractivity contribution in [2.45, 2.75) is 42.4 Å². The summed E-state index contributed by atoms with van der Waals surface area (Å²) < 4.78 is 5.36. The van der Waals surface area contributed by atoms with Crippen molar-refractivity contribution in [3.8, 4) is 0 Å². The van der Waals surface area contributed by atoms with Gasteiger partial charge in [0.1, 0.15) is 0 Å². The summed E-state index contributed by atoms with van der Waals surface area (Å²) in [4.78, 5) is 37.8. The van der Waals surface area contributed by atoms with Crippen molar-refractivity contribution >= 4 is 35.2 Å². The minimum absolute atomic E-state index is 0.0847. The molecule has 2 atom stereocenters. The Bertz CT molecular complexity index is 872. The molecule has 0 fully saturated rings. The molecule has 2 amide bonds. The molecule has 0 bridgehead atoms. The number of anilines is 1. The topological polar surface area (TPSA) is 84.5 Å². The van der Waals surface area contributed by atoms with Gasteiger partial charge in [-0.2, -0.15) is 0 Å². The summed E-state index contributed by atoms with van der Waals surface area (Å²) in [6.45, 7) is 2.25. The molecule has 0 aromatic heterocycles. The molecule has 2 N–H and O–H groups in total. The van der Waals surface area contributed by atoms with Gasteiger partial charge in [0.05, 0.1) is 17.4 Å². The molecule has 152 valence electrons. The number of nitrogens with one attached hydrogen (secondary N) is 2. The zero-order chi connectivity index (χ0) is 20.6. The number of rotatable bonds is 8. The van der Waals surface area contributed by atoms with Crippen molar-refractivity contribution in [3.05, 3.63) is 60.2 Å². The number of esters is 1. The van der Waals surface area contributed by atoms with Crippen molar-refractivity contribution in [1.82, 2.24) is 5.32 Å². The first-order chi connectivity index (χ1) is 14.1. The second kappa shape index (κ2) is 10.1. The van der Waals surface area contributed by atoms with Gasteiger partial charge in [-0.1, -0.05) is 49.4 Å². The molecule has 0 saturated heterocycles. The lowest BCUT2D eigenvalue weighted by Gasteiger charge is -2.24. The average molecular weight is 413 g/mol. The SMILES string of the molecule is CC[C@H](OC(=O)C[C@H]1Sc2ccccc2NC1=O)C(=O)NCCc1ccccc1. The number of hydrogen-bond donors (Lipinski definition) is 2. The highest BCUT2D eigenvalue weighted by atomic mass is 32.2. The highest BCUT2D eigenvalue weighted by Crippen LogP contribution is 2.36.